The highest BCUT2D eigenvalue weighted by Crippen LogP contribution is 2.34. The van der Waals surface area contributed by atoms with Crippen molar-refractivity contribution in [3.63, 3.8) is 0 Å². The quantitative estimate of drug-likeness (QED) is 0.771. The molecule has 2 rings (SSSR count). The molecule has 1 aromatic rings. The molecule has 0 bridgehead atoms. The number of fused-ring (bicyclic) bond motifs is 1. The van der Waals surface area contributed by atoms with Crippen LogP contribution in [0.2, 0.25) is 0 Å². The topological polar surface area (TPSA) is 33.3 Å². The number of rotatable bonds is 3. The molecule has 0 radical (unpaired) electrons. The second kappa shape index (κ2) is 4.22. The molecule has 0 saturated heterocycles. The smallest absolute Gasteiger partial charge is 0.144 e. The van der Waals surface area contributed by atoms with Gasteiger partial charge in [-0.15, -0.1) is 0 Å². The molecule has 3 nitrogen and oxygen atoms in total. The Morgan fingerprint density at radius 2 is 2.14 bits per heavy atom. The number of hydrogen-bond acceptors (Lipinski definition) is 3. The lowest BCUT2D eigenvalue weighted by atomic mass is 10.2. The number of ether oxygens (including phenoxy) is 1. The molecule has 1 aliphatic heterocycles. The molecule has 0 spiro atoms. The molecule has 3 heteroatoms. The molecule has 1 aliphatic rings. The van der Waals surface area contributed by atoms with Gasteiger partial charge in [0.2, 0.25) is 0 Å². The van der Waals surface area contributed by atoms with Crippen molar-refractivity contribution in [2.24, 2.45) is 0 Å². The molecule has 1 aromatic carbocycles. The SMILES string of the molecule is CCCOc1cccc2c1NCCN2. The molecule has 0 fully saturated rings. The zero-order valence-corrected chi connectivity index (χ0v) is 8.47. The maximum atomic E-state index is 5.65. The molecular weight excluding hydrogens is 176 g/mol. The summed E-state index contributed by atoms with van der Waals surface area (Å²) in [7, 11) is 0. The third-order valence-corrected chi connectivity index (χ3v) is 2.23. The number of benzene rings is 1. The Balaban J connectivity index is 2.21. The van der Waals surface area contributed by atoms with Crippen LogP contribution in [0.4, 0.5) is 11.4 Å². The normalized spacial score (nSPS) is 13.8. The van der Waals surface area contributed by atoms with E-state index in [9.17, 15) is 0 Å². The maximum Gasteiger partial charge on any atom is 0.144 e. The maximum absolute atomic E-state index is 5.65. The van der Waals surface area contributed by atoms with Crippen molar-refractivity contribution in [3.05, 3.63) is 18.2 Å². The molecule has 0 aromatic heterocycles. The summed E-state index contributed by atoms with van der Waals surface area (Å²) >= 11 is 0. The van der Waals surface area contributed by atoms with E-state index in [1.165, 1.54) is 0 Å². The van der Waals surface area contributed by atoms with Crippen LogP contribution in [-0.4, -0.2) is 19.7 Å². The van der Waals surface area contributed by atoms with Gasteiger partial charge in [0.1, 0.15) is 11.4 Å². The van der Waals surface area contributed by atoms with Crippen molar-refractivity contribution >= 4 is 11.4 Å². The van der Waals surface area contributed by atoms with E-state index in [1.54, 1.807) is 0 Å². The molecule has 2 N–H and O–H groups in total. The van der Waals surface area contributed by atoms with Crippen LogP contribution in [0.15, 0.2) is 18.2 Å². The first kappa shape index (κ1) is 9.19. The average Bonchev–Trinajstić information content (AvgIpc) is 2.26. The Morgan fingerprint density at radius 1 is 1.29 bits per heavy atom. The lowest BCUT2D eigenvalue weighted by Gasteiger charge is -2.22. The van der Waals surface area contributed by atoms with Crippen LogP contribution in [0.5, 0.6) is 5.75 Å². The van der Waals surface area contributed by atoms with E-state index in [4.69, 9.17) is 4.74 Å². The van der Waals surface area contributed by atoms with Gasteiger partial charge in [0.25, 0.3) is 0 Å². The van der Waals surface area contributed by atoms with E-state index >= 15 is 0 Å². The molecule has 1 heterocycles. The molecule has 0 unspecified atom stereocenters. The molecule has 0 aliphatic carbocycles. The summed E-state index contributed by atoms with van der Waals surface area (Å²) in [5.74, 6) is 0.955. The number of para-hydroxylation sites is 1. The molecule has 0 saturated carbocycles. The molecule has 0 atom stereocenters. The van der Waals surface area contributed by atoms with E-state index < -0.39 is 0 Å². The second-order valence-corrected chi connectivity index (χ2v) is 3.38. The monoisotopic (exact) mass is 192 g/mol. The van der Waals surface area contributed by atoms with Crippen LogP contribution >= 0.6 is 0 Å². The minimum Gasteiger partial charge on any atom is -0.491 e. The van der Waals surface area contributed by atoms with Crippen molar-refractivity contribution in [1.29, 1.82) is 0 Å². The minimum atomic E-state index is 0.776. The fourth-order valence-corrected chi connectivity index (χ4v) is 1.58. The third-order valence-electron chi connectivity index (χ3n) is 2.23. The summed E-state index contributed by atoms with van der Waals surface area (Å²) < 4.78 is 5.65. The largest absolute Gasteiger partial charge is 0.491 e. The van der Waals surface area contributed by atoms with Gasteiger partial charge in [-0.2, -0.15) is 0 Å². The van der Waals surface area contributed by atoms with Crippen molar-refractivity contribution in [1.82, 2.24) is 0 Å². The summed E-state index contributed by atoms with van der Waals surface area (Å²) in [5, 5.41) is 6.69. The number of anilines is 2. The van der Waals surface area contributed by atoms with Crippen LogP contribution in [0, 0.1) is 0 Å². The molecule has 0 amide bonds. The van der Waals surface area contributed by atoms with Gasteiger partial charge in [-0.3, -0.25) is 0 Å². The summed E-state index contributed by atoms with van der Waals surface area (Å²) in [4.78, 5) is 0. The Labute approximate surface area is 84.5 Å². The van der Waals surface area contributed by atoms with Gasteiger partial charge in [0, 0.05) is 13.1 Å². The van der Waals surface area contributed by atoms with Gasteiger partial charge in [0.15, 0.2) is 0 Å². The van der Waals surface area contributed by atoms with Crippen LogP contribution < -0.4 is 15.4 Å². The Kier molecular flexibility index (Phi) is 2.77. The van der Waals surface area contributed by atoms with Gasteiger partial charge in [-0.1, -0.05) is 13.0 Å². The van der Waals surface area contributed by atoms with E-state index in [-0.39, 0.29) is 0 Å². The van der Waals surface area contributed by atoms with Crippen molar-refractivity contribution in [3.8, 4) is 5.75 Å². The highest BCUT2D eigenvalue weighted by molar-refractivity contribution is 5.77. The Hall–Kier alpha value is -1.38. The Morgan fingerprint density at radius 3 is 3.00 bits per heavy atom. The fourth-order valence-electron chi connectivity index (χ4n) is 1.58. The number of nitrogens with one attached hydrogen (secondary N) is 2. The van der Waals surface area contributed by atoms with Crippen LogP contribution in [0.3, 0.4) is 0 Å². The second-order valence-electron chi connectivity index (χ2n) is 3.38. The van der Waals surface area contributed by atoms with Crippen molar-refractivity contribution < 1.29 is 4.74 Å². The standard InChI is InChI=1S/C11H16N2O/c1-2-8-14-10-5-3-4-9-11(10)13-7-6-12-9/h3-5,12-13H,2,6-8H2,1H3. The lowest BCUT2D eigenvalue weighted by molar-refractivity contribution is 0.319. The molecule has 76 valence electrons. The van der Waals surface area contributed by atoms with Gasteiger partial charge in [-0.25, -0.2) is 0 Å². The van der Waals surface area contributed by atoms with E-state index in [1.807, 2.05) is 12.1 Å². The van der Waals surface area contributed by atoms with Gasteiger partial charge < -0.3 is 15.4 Å². The highest BCUT2D eigenvalue weighted by atomic mass is 16.5. The summed E-state index contributed by atoms with van der Waals surface area (Å²) in [5.41, 5.74) is 2.25. The first-order valence-electron chi connectivity index (χ1n) is 5.15. The summed E-state index contributed by atoms with van der Waals surface area (Å²) in [6.07, 6.45) is 1.04. The fraction of sp³-hybridized carbons (Fsp3) is 0.455. The predicted octanol–water partition coefficient (Wildman–Crippen LogP) is 2.31. The van der Waals surface area contributed by atoms with Crippen molar-refractivity contribution in [2.75, 3.05) is 30.3 Å². The molecular formula is C11H16N2O. The van der Waals surface area contributed by atoms with Crippen LogP contribution in [-0.2, 0) is 0 Å². The first-order valence-corrected chi connectivity index (χ1v) is 5.15. The van der Waals surface area contributed by atoms with Gasteiger partial charge >= 0.3 is 0 Å². The minimum absolute atomic E-state index is 0.776. The van der Waals surface area contributed by atoms with Gasteiger partial charge in [0.05, 0.1) is 12.3 Å². The Bertz CT molecular complexity index is 312. The highest BCUT2D eigenvalue weighted by Gasteiger charge is 2.11. The third kappa shape index (κ3) is 1.76. The average molecular weight is 192 g/mol. The van der Waals surface area contributed by atoms with Crippen LogP contribution in [0.25, 0.3) is 0 Å². The number of hydrogen-bond donors (Lipinski definition) is 2. The first-order chi connectivity index (χ1) is 6.92. The summed E-state index contributed by atoms with van der Waals surface area (Å²) in [6, 6.07) is 6.10. The predicted molar refractivity (Wildman–Crippen MR) is 59.2 cm³/mol. The van der Waals surface area contributed by atoms with Gasteiger partial charge in [-0.05, 0) is 18.6 Å². The molecule has 14 heavy (non-hydrogen) atoms. The zero-order chi connectivity index (χ0) is 9.80. The van der Waals surface area contributed by atoms with E-state index in [2.05, 4.69) is 23.6 Å². The van der Waals surface area contributed by atoms with Crippen LogP contribution in [0.1, 0.15) is 13.3 Å². The van der Waals surface area contributed by atoms with E-state index in [0.717, 1.165) is 43.2 Å². The zero-order valence-electron chi connectivity index (χ0n) is 8.47. The lowest BCUT2D eigenvalue weighted by Crippen LogP contribution is -2.21. The van der Waals surface area contributed by atoms with E-state index in [0.29, 0.717) is 0 Å². The summed E-state index contributed by atoms with van der Waals surface area (Å²) in [6.45, 7) is 4.82. The van der Waals surface area contributed by atoms with Crippen molar-refractivity contribution in [2.45, 2.75) is 13.3 Å².